The van der Waals surface area contributed by atoms with Crippen LogP contribution < -0.4 is 10.9 Å². The number of carbonyl (C=O) groups is 1. The molecule has 0 aliphatic carbocycles. The minimum atomic E-state index is -0.0464. The molecule has 1 amide bonds. The molecule has 0 aromatic rings. The zero-order chi connectivity index (χ0) is 8.69. The lowest BCUT2D eigenvalue weighted by molar-refractivity contribution is -0.119. The average Bonchev–Trinajstić information content (AvgIpc) is 1.85. The van der Waals surface area contributed by atoms with Crippen molar-refractivity contribution in [2.45, 2.75) is 13.3 Å². The molecule has 66 valence electrons. The SMILES string of the molecule is CC(=O)NNCCCN(C)C. The summed E-state index contributed by atoms with van der Waals surface area (Å²) in [6.07, 6.45) is 1.04. The van der Waals surface area contributed by atoms with Crippen LogP contribution in [0, 0.1) is 0 Å². The van der Waals surface area contributed by atoms with Crippen molar-refractivity contribution in [1.82, 2.24) is 15.8 Å². The monoisotopic (exact) mass is 159 g/mol. The molecular formula is C7H17N3O. The van der Waals surface area contributed by atoms with Crippen LogP contribution in [-0.4, -0.2) is 38.0 Å². The number of rotatable bonds is 5. The van der Waals surface area contributed by atoms with Crippen LogP contribution in [0.2, 0.25) is 0 Å². The van der Waals surface area contributed by atoms with E-state index in [1.54, 1.807) is 0 Å². The van der Waals surface area contributed by atoms with Gasteiger partial charge in [-0.15, -0.1) is 0 Å². The van der Waals surface area contributed by atoms with E-state index in [9.17, 15) is 4.79 Å². The molecule has 0 saturated heterocycles. The Morgan fingerprint density at radius 2 is 2.09 bits per heavy atom. The molecule has 0 aromatic heterocycles. The minimum absolute atomic E-state index is 0.0464. The molecule has 4 heteroatoms. The fourth-order valence-electron chi connectivity index (χ4n) is 0.671. The molecule has 4 nitrogen and oxygen atoms in total. The van der Waals surface area contributed by atoms with Crippen LogP contribution in [0.5, 0.6) is 0 Å². The van der Waals surface area contributed by atoms with Gasteiger partial charge in [0.15, 0.2) is 0 Å². The number of hydrazine groups is 1. The second-order valence-corrected chi connectivity index (χ2v) is 2.76. The van der Waals surface area contributed by atoms with Crippen molar-refractivity contribution >= 4 is 5.91 Å². The lowest BCUT2D eigenvalue weighted by atomic mass is 10.4. The van der Waals surface area contributed by atoms with Crippen molar-refractivity contribution in [1.29, 1.82) is 0 Å². The van der Waals surface area contributed by atoms with E-state index in [0.717, 1.165) is 19.5 Å². The Morgan fingerprint density at radius 1 is 1.45 bits per heavy atom. The molecule has 0 aromatic carbocycles. The summed E-state index contributed by atoms with van der Waals surface area (Å²) in [5, 5.41) is 0. The highest BCUT2D eigenvalue weighted by Gasteiger charge is 1.90. The Morgan fingerprint density at radius 3 is 2.55 bits per heavy atom. The highest BCUT2D eigenvalue weighted by Crippen LogP contribution is 1.78. The maximum Gasteiger partial charge on any atom is 0.230 e. The normalized spacial score (nSPS) is 10.2. The maximum atomic E-state index is 10.4. The van der Waals surface area contributed by atoms with Crippen LogP contribution in [0.3, 0.4) is 0 Å². The van der Waals surface area contributed by atoms with E-state index in [4.69, 9.17) is 0 Å². The summed E-state index contributed by atoms with van der Waals surface area (Å²) in [6, 6.07) is 0. The zero-order valence-corrected chi connectivity index (χ0v) is 7.48. The highest BCUT2D eigenvalue weighted by atomic mass is 16.2. The van der Waals surface area contributed by atoms with Gasteiger partial charge in [0.05, 0.1) is 0 Å². The van der Waals surface area contributed by atoms with E-state index in [2.05, 4.69) is 15.8 Å². The Bertz CT molecular complexity index is 114. The van der Waals surface area contributed by atoms with Gasteiger partial charge in [0.25, 0.3) is 0 Å². The van der Waals surface area contributed by atoms with Crippen molar-refractivity contribution in [3.63, 3.8) is 0 Å². The number of nitrogens with zero attached hydrogens (tertiary/aromatic N) is 1. The molecule has 0 unspecified atom stereocenters. The fourth-order valence-corrected chi connectivity index (χ4v) is 0.671. The second kappa shape index (κ2) is 6.12. The first-order valence-corrected chi connectivity index (χ1v) is 3.77. The fraction of sp³-hybridized carbons (Fsp3) is 0.857. The summed E-state index contributed by atoms with van der Waals surface area (Å²) in [5.74, 6) is -0.0464. The van der Waals surface area contributed by atoms with Gasteiger partial charge in [0.1, 0.15) is 0 Å². The molecule has 0 aliphatic rings. The summed E-state index contributed by atoms with van der Waals surface area (Å²) in [4.78, 5) is 12.5. The van der Waals surface area contributed by atoms with E-state index >= 15 is 0 Å². The van der Waals surface area contributed by atoms with Crippen LogP contribution in [0.1, 0.15) is 13.3 Å². The predicted molar refractivity (Wildman–Crippen MR) is 45.0 cm³/mol. The maximum absolute atomic E-state index is 10.4. The second-order valence-electron chi connectivity index (χ2n) is 2.76. The van der Waals surface area contributed by atoms with Crippen LogP contribution in [-0.2, 0) is 4.79 Å². The van der Waals surface area contributed by atoms with Gasteiger partial charge in [-0.3, -0.25) is 10.2 Å². The number of nitrogens with one attached hydrogen (secondary N) is 2. The number of amides is 1. The standard InChI is InChI=1S/C7H17N3O/c1-7(11)9-8-5-4-6-10(2)3/h8H,4-6H2,1-3H3,(H,9,11). The summed E-state index contributed by atoms with van der Waals surface area (Å²) >= 11 is 0. The van der Waals surface area contributed by atoms with Crippen LogP contribution >= 0.6 is 0 Å². The third-order valence-corrected chi connectivity index (χ3v) is 1.17. The minimum Gasteiger partial charge on any atom is -0.309 e. The lowest BCUT2D eigenvalue weighted by Gasteiger charge is -2.09. The van der Waals surface area contributed by atoms with Crippen molar-refractivity contribution in [3.05, 3.63) is 0 Å². The van der Waals surface area contributed by atoms with Gasteiger partial charge in [-0.1, -0.05) is 0 Å². The van der Waals surface area contributed by atoms with Crippen molar-refractivity contribution in [3.8, 4) is 0 Å². The van der Waals surface area contributed by atoms with Crippen LogP contribution in [0.4, 0.5) is 0 Å². The third-order valence-electron chi connectivity index (χ3n) is 1.17. The summed E-state index contributed by atoms with van der Waals surface area (Å²) in [7, 11) is 4.05. The first-order valence-electron chi connectivity index (χ1n) is 3.77. The molecule has 11 heavy (non-hydrogen) atoms. The summed E-state index contributed by atoms with van der Waals surface area (Å²) in [5.41, 5.74) is 5.33. The topological polar surface area (TPSA) is 44.4 Å². The Hall–Kier alpha value is -0.610. The Balaban J connectivity index is 2.97. The summed E-state index contributed by atoms with van der Waals surface area (Å²) < 4.78 is 0. The Labute approximate surface area is 67.9 Å². The molecule has 0 saturated carbocycles. The van der Waals surface area contributed by atoms with E-state index in [-0.39, 0.29) is 5.91 Å². The molecular weight excluding hydrogens is 142 g/mol. The van der Waals surface area contributed by atoms with Gasteiger partial charge in [0, 0.05) is 13.5 Å². The van der Waals surface area contributed by atoms with Crippen LogP contribution in [0.25, 0.3) is 0 Å². The molecule has 0 aliphatic heterocycles. The average molecular weight is 159 g/mol. The Kier molecular flexibility index (Phi) is 5.78. The largest absolute Gasteiger partial charge is 0.309 e. The van der Waals surface area contributed by atoms with E-state index in [1.165, 1.54) is 6.92 Å². The number of hydrogen-bond donors (Lipinski definition) is 2. The first kappa shape index (κ1) is 10.4. The van der Waals surface area contributed by atoms with Crippen molar-refractivity contribution in [2.75, 3.05) is 27.2 Å². The molecule has 2 N–H and O–H groups in total. The predicted octanol–water partition coefficient (Wildman–Crippen LogP) is -0.421. The zero-order valence-electron chi connectivity index (χ0n) is 7.48. The van der Waals surface area contributed by atoms with Gasteiger partial charge in [-0.2, -0.15) is 0 Å². The smallest absolute Gasteiger partial charge is 0.230 e. The van der Waals surface area contributed by atoms with E-state index in [0.29, 0.717) is 0 Å². The van der Waals surface area contributed by atoms with Gasteiger partial charge in [-0.05, 0) is 27.1 Å². The molecule has 0 radical (unpaired) electrons. The molecule has 0 spiro atoms. The van der Waals surface area contributed by atoms with Gasteiger partial charge in [-0.25, -0.2) is 5.43 Å². The van der Waals surface area contributed by atoms with Crippen LogP contribution in [0.15, 0.2) is 0 Å². The van der Waals surface area contributed by atoms with Crippen molar-refractivity contribution < 1.29 is 4.79 Å². The highest BCUT2D eigenvalue weighted by molar-refractivity contribution is 5.72. The third kappa shape index (κ3) is 9.39. The number of hydrogen-bond acceptors (Lipinski definition) is 3. The van der Waals surface area contributed by atoms with Gasteiger partial charge < -0.3 is 4.90 Å². The van der Waals surface area contributed by atoms with E-state index < -0.39 is 0 Å². The quantitative estimate of drug-likeness (QED) is 0.423. The lowest BCUT2D eigenvalue weighted by Crippen LogP contribution is -2.37. The van der Waals surface area contributed by atoms with Gasteiger partial charge in [0.2, 0.25) is 5.91 Å². The van der Waals surface area contributed by atoms with Crippen molar-refractivity contribution in [2.24, 2.45) is 0 Å². The van der Waals surface area contributed by atoms with Gasteiger partial charge >= 0.3 is 0 Å². The molecule has 0 rings (SSSR count). The first-order chi connectivity index (χ1) is 5.13. The van der Waals surface area contributed by atoms with E-state index in [1.807, 2.05) is 14.1 Å². The molecule has 0 atom stereocenters. The summed E-state index contributed by atoms with van der Waals surface area (Å²) in [6.45, 7) is 3.34. The molecule has 0 heterocycles. The molecule has 0 fully saturated rings. The molecule has 0 bridgehead atoms. The number of carbonyl (C=O) groups excluding carboxylic acids is 1.